The zero-order valence-electron chi connectivity index (χ0n) is 12.6. The van der Waals surface area contributed by atoms with Crippen LogP contribution < -0.4 is 20.9 Å². The van der Waals surface area contributed by atoms with E-state index >= 15 is 0 Å². The SMILES string of the molecule is C[C@@H]1Oc2ccc(NC(=O)c3ccn(C)c(=O)c3)cc2NC1=O. The lowest BCUT2D eigenvalue weighted by atomic mass is 10.2. The van der Waals surface area contributed by atoms with Crippen molar-refractivity contribution in [2.45, 2.75) is 13.0 Å². The first-order valence-electron chi connectivity index (χ1n) is 7.03. The summed E-state index contributed by atoms with van der Waals surface area (Å²) in [6, 6.07) is 7.77. The Bertz CT molecular complexity index is 857. The van der Waals surface area contributed by atoms with Crippen LogP contribution in [0.4, 0.5) is 11.4 Å². The van der Waals surface area contributed by atoms with Crippen molar-refractivity contribution >= 4 is 23.2 Å². The van der Waals surface area contributed by atoms with Crippen LogP contribution >= 0.6 is 0 Å². The fourth-order valence-corrected chi connectivity index (χ4v) is 2.18. The number of aromatic nitrogens is 1. The minimum Gasteiger partial charge on any atom is -0.479 e. The van der Waals surface area contributed by atoms with Crippen molar-refractivity contribution in [3.63, 3.8) is 0 Å². The molecule has 0 saturated heterocycles. The summed E-state index contributed by atoms with van der Waals surface area (Å²) in [6.45, 7) is 1.66. The van der Waals surface area contributed by atoms with Crippen molar-refractivity contribution in [1.29, 1.82) is 0 Å². The number of nitrogens with zero attached hydrogens (tertiary/aromatic N) is 1. The molecular weight excluding hydrogens is 298 g/mol. The van der Waals surface area contributed by atoms with Crippen LogP contribution in [-0.4, -0.2) is 22.5 Å². The van der Waals surface area contributed by atoms with E-state index in [1.165, 1.54) is 16.8 Å². The quantitative estimate of drug-likeness (QED) is 0.876. The van der Waals surface area contributed by atoms with Crippen molar-refractivity contribution in [1.82, 2.24) is 4.57 Å². The van der Waals surface area contributed by atoms with E-state index in [0.717, 1.165) is 0 Å². The van der Waals surface area contributed by atoms with E-state index in [-0.39, 0.29) is 17.0 Å². The lowest BCUT2D eigenvalue weighted by Crippen LogP contribution is -2.34. The summed E-state index contributed by atoms with van der Waals surface area (Å²) in [5.41, 5.74) is 0.986. The minimum atomic E-state index is -0.552. The summed E-state index contributed by atoms with van der Waals surface area (Å²) >= 11 is 0. The molecule has 1 aromatic heterocycles. The van der Waals surface area contributed by atoms with E-state index in [9.17, 15) is 14.4 Å². The van der Waals surface area contributed by atoms with Crippen LogP contribution in [-0.2, 0) is 11.8 Å². The average molecular weight is 313 g/mol. The molecule has 7 nitrogen and oxygen atoms in total. The summed E-state index contributed by atoms with van der Waals surface area (Å²) in [4.78, 5) is 35.4. The van der Waals surface area contributed by atoms with Gasteiger partial charge in [0.2, 0.25) is 0 Å². The fraction of sp³-hybridized carbons (Fsp3) is 0.188. The largest absolute Gasteiger partial charge is 0.479 e. The van der Waals surface area contributed by atoms with Crippen LogP contribution in [0.15, 0.2) is 41.3 Å². The van der Waals surface area contributed by atoms with Crippen LogP contribution in [0.1, 0.15) is 17.3 Å². The number of amides is 2. The summed E-state index contributed by atoms with van der Waals surface area (Å²) < 4.78 is 6.83. The normalized spacial score (nSPS) is 16.1. The molecule has 2 aromatic rings. The molecule has 0 bridgehead atoms. The fourth-order valence-electron chi connectivity index (χ4n) is 2.18. The van der Waals surface area contributed by atoms with Crippen LogP contribution in [0, 0.1) is 0 Å². The highest BCUT2D eigenvalue weighted by Gasteiger charge is 2.23. The number of hydrogen-bond donors (Lipinski definition) is 2. The van der Waals surface area contributed by atoms with Crippen molar-refractivity contribution in [3.05, 3.63) is 52.4 Å². The van der Waals surface area contributed by atoms with E-state index in [4.69, 9.17) is 4.74 Å². The number of aryl methyl sites for hydroxylation is 1. The number of anilines is 2. The Labute approximate surface area is 131 Å². The second-order valence-corrected chi connectivity index (χ2v) is 5.28. The smallest absolute Gasteiger partial charge is 0.265 e. The monoisotopic (exact) mass is 313 g/mol. The molecule has 0 radical (unpaired) electrons. The highest BCUT2D eigenvalue weighted by Crippen LogP contribution is 2.32. The van der Waals surface area contributed by atoms with Crippen LogP contribution in [0.25, 0.3) is 0 Å². The van der Waals surface area contributed by atoms with Gasteiger partial charge in [0.1, 0.15) is 5.75 Å². The number of ether oxygens (including phenoxy) is 1. The molecule has 23 heavy (non-hydrogen) atoms. The number of hydrogen-bond acceptors (Lipinski definition) is 4. The van der Waals surface area contributed by atoms with Crippen molar-refractivity contribution in [2.24, 2.45) is 7.05 Å². The number of fused-ring (bicyclic) bond motifs is 1. The molecule has 1 aromatic carbocycles. The third-order valence-corrected chi connectivity index (χ3v) is 3.53. The van der Waals surface area contributed by atoms with E-state index in [0.29, 0.717) is 17.1 Å². The number of benzene rings is 1. The van der Waals surface area contributed by atoms with Gasteiger partial charge in [-0.3, -0.25) is 14.4 Å². The molecule has 0 aliphatic carbocycles. The van der Waals surface area contributed by atoms with Gasteiger partial charge in [-0.1, -0.05) is 0 Å². The Hall–Kier alpha value is -3.09. The molecule has 1 aliphatic rings. The second-order valence-electron chi connectivity index (χ2n) is 5.28. The third-order valence-electron chi connectivity index (χ3n) is 3.53. The first-order valence-corrected chi connectivity index (χ1v) is 7.03. The Morgan fingerprint density at radius 3 is 2.78 bits per heavy atom. The van der Waals surface area contributed by atoms with Crippen molar-refractivity contribution < 1.29 is 14.3 Å². The number of carbonyl (C=O) groups is 2. The first kappa shape index (κ1) is 14.8. The van der Waals surface area contributed by atoms with Gasteiger partial charge in [0.05, 0.1) is 5.69 Å². The Kier molecular flexibility index (Phi) is 3.61. The van der Waals surface area contributed by atoms with Gasteiger partial charge in [-0.05, 0) is 31.2 Å². The number of rotatable bonds is 2. The first-order chi connectivity index (χ1) is 10.9. The molecule has 118 valence electrons. The van der Waals surface area contributed by atoms with Gasteiger partial charge in [0, 0.05) is 30.6 Å². The highest BCUT2D eigenvalue weighted by molar-refractivity contribution is 6.05. The van der Waals surface area contributed by atoms with Gasteiger partial charge in [-0.2, -0.15) is 0 Å². The molecule has 1 aliphatic heterocycles. The van der Waals surface area contributed by atoms with Gasteiger partial charge < -0.3 is 19.9 Å². The third kappa shape index (κ3) is 2.94. The van der Waals surface area contributed by atoms with E-state index < -0.39 is 12.0 Å². The molecule has 7 heteroatoms. The predicted molar refractivity (Wildman–Crippen MR) is 84.8 cm³/mol. The van der Waals surface area contributed by atoms with E-state index in [1.807, 2.05) is 0 Å². The molecule has 0 spiro atoms. The Balaban J connectivity index is 1.82. The lowest BCUT2D eigenvalue weighted by Gasteiger charge is -2.23. The average Bonchev–Trinajstić information content (AvgIpc) is 2.51. The van der Waals surface area contributed by atoms with Crippen molar-refractivity contribution in [2.75, 3.05) is 10.6 Å². The maximum absolute atomic E-state index is 12.2. The molecule has 0 unspecified atom stereocenters. The summed E-state index contributed by atoms with van der Waals surface area (Å²) in [6.07, 6.45) is 0.975. The summed E-state index contributed by atoms with van der Waals surface area (Å²) in [5, 5.41) is 5.40. The maximum Gasteiger partial charge on any atom is 0.265 e. The van der Waals surface area contributed by atoms with Crippen LogP contribution in [0.5, 0.6) is 5.75 Å². The van der Waals surface area contributed by atoms with Gasteiger partial charge in [-0.25, -0.2) is 0 Å². The number of pyridine rings is 1. The standard InChI is InChI=1S/C16H15N3O4/c1-9-15(21)18-12-8-11(3-4-13(12)23-9)17-16(22)10-5-6-19(2)14(20)7-10/h3-9H,1-2H3,(H,17,22)(H,18,21)/t9-/m0/s1. The Morgan fingerprint density at radius 2 is 2.04 bits per heavy atom. The molecule has 2 amide bonds. The second kappa shape index (κ2) is 5.60. The van der Waals surface area contributed by atoms with Gasteiger partial charge in [-0.15, -0.1) is 0 Å². The molecule has 1 atom stereocenters. The van der Waals surface area contributed by atoms with E-state index in [1.54, 1.807) is 38.2 Å². The molecule has 0 fully saturated rings. The zero-order valence-corrected chi connectivity index (χ0v) is 12.6. The molecule has 3 rings (SSSR count). The van der Waals surface area contributed by atoms with Crippen molar-refractivity contribution in [3.8, 4) is 5.75 Å². The van der Waals surface area contributed by atoms with Gasteiger partial charge in [0.25, 0.3) is 17.4 Å². The maximum atomic E-state index is 12.2. The number of carbonyl (C=O) groups excluding carboxylic acids is 2. The molecule has 2 heterocycles. The lowest BCUT2D eigenvalue weighted by molar-refractivity contribution is -0.122. The van der Waals surface area contributed by atoms with Gasteiger partial charge in [0.15, 0.2) is 6.10 Å². The molecular formula is C16H15N3O4. The highest BCUT2D eigenvalue weighted by atomic mass is 16.5. The molecule has 2 N–H and O–H groups in total. The number of nitrogens with one attached hydrogen (secondary N) is 2. The Morgan fingerprint density at radius 1 is 1.26 bits per heavy atom. The summed E-state index contributed by atoms with van der Waals surface area (Å²) in [5.74, 6) is -0.102. The van der Waals surface area contributed by atoms with Crippen LogP contribution in [0.2, 0.25) is 0 Å². The minimum absolute atomic E-state index is 0.243. The van der Waals surface area contributed by atoms with Crippen LogP contribution in [0.3, 0.4) is 0 Å². The van der Waals surface area contributed by atoms with E-state index in [2.05, 4.69) is 10.6 Å². The predicted octanol–water partition coefficient (Wildman–Crippen LogP) is 1.36. The zero-order chi connectivity index (χ0) is 16.6. The topological polar surface area (TPSA) is 89.4 Å². The summed E-state index contributed by atoms with van der Waals surface area (Å²) in [7, 11) is 1.61. The van der Waals surface area contributed by atoms with Gasteiger partial charge >= 0.3 is 0 Å². The molecule has 0 saturated carbocycles.